The van der Waals surface area contributed by atoms with Crippen LogP contribution in [0.5, 0.6) is 0 Å². The normalized spacial score (nSPS) is 13.8. The lowest BCUT2D eigenvalue weighted by Gasteiger charge is -2.29. The van der Waals surface area contributed by atoms with Gasteiger partial charge in [-0.1, -0.05) is 346 Å². The Balaban J connectivity index is 4.06. The number of aliphatic hydroxyl groups is 1. The number of likely N-dealkylation sites (N-methyl/N-ethyl adjacent to an activating group) is 1. The van der Waals surface area contributed by atoms with Gasteiger partial charge in [0.1, 0.15) is 13.2 Å². The van der Waals surface area contributed by atoms with Gasteiger partial charge in [-0.25, -0.2) is 0 Å². The molecule has 8 nitrogen and oxygen atoms in total. The summed E-state index contributed by atoms with van der Waals surface area (Å²) in [4.78, 5) is 25.6. The van der Waals surface area contributed by atoms with E-state index < -0.39 is 20.0 Å². The second-order valence-electron chi connectivity index (χ2n) is 26.3. The molecule has 0 saturated heterocycles. The van der Waals surface area contributed by atoms with Gasteiger partial charge in [-0.15, -0.1) is 0 Å². The number of nitrogens with one attached hydrogen (secondary N) is 1. The lowest BCUT2D eigenvalue weighted by atomic mass is 10.0. The smallest absolute Gasteiger partial charge is 0.268 e. The van der Waals surface area contributed by atoms with Crippen LogP contribution < -0.4 is 10.2 Å². The maximum Gasteiger partial charge on any atom is 0.268 e. The Kier molecular flexibility index (Phi) is 63.2. The largest absolute Gasteiger partial charge is 0.756 e. The number of hydrogen-bond acceptors (Lipinski definition) is 6. The Morgan fingerprint density at radius 3 is 0.988 bits per heavy atom. The average Bonchev–Trinajstić information content (AvgIpc) is 3.47. The number of aliphatic hydroxyl groups excluding tert-OH is 1. The summed E-state index contributed by atoms with van der Waals surface area (Å²) in [5, 5.41) is 14.0. The summed E-state index contributed by atoms with van der Waals surface area (Å²) in [7, 11) is 1.26. The number of hydrogen-bond donors (Lipinski definition) is 2. The Bertz CT molecular complexity index is 1430. The molecule has 1 amide bonds. The van der Waals surface area contributed by atoms with Gasteiger partial charge in [0.05, 0.1) is 39.9 Å². The molecule has 0 aliphatic rings. The van der Waals surface area contributed by atoms with Gasteiger partial charge in [-0.3, -0.25) is 9.36 Å². The van der Waals surface area contributed by atoms with E-state index in [1.54, 1.807) is 6.08 Å². The maximum absolute atomic E-state index is 13.0. The molecule has 0 saturated carbocycles. The van der Waals surface area contributed by atoms with Crippen molar-refractivity contribution >= 4 is 13.7 Å². The third kappa shape index (κ3) is 66.2. The monoisotopic (exact) mass is 1180 g/mol. The fourth-order valence-electron chi connectivity index (χ4n) is 11.2. The number of allylic oxidation sites excluding steroid dienone is 5. The highest BCUT2D eigenvalue weighted by molar-refractivity contribution is 7.45. The number of rotatable bonds is 68. The van der Waals surface area contributed by atoms with E-state index >= 15 is 0 Å². The Hall–Kier alpha value is -1.28. The Morgan fingerprint density at radius 1 is 0.415 bits per heavy atom. The molecule has 0 aromatic rings. The SMILES string of the molecule is CCCCCCCCCC/C=C\CCCCCCCCCCCCCCCCCCCC(=O)NC(COP(=O)([O-])OCC[N+](C)(C)C)C(O)/C=C/CC/C=C/CCCCCCCCCCCCCCCCCCCCCCCCCCC. The molecule has 0 heterocycles. The minimum Gasteiger partial charge on any atom is -0.756 e. The van der Waals surface area contributed by atoms with Gasteiger partial charge >= 0.3 is 0 Å². The lowest BCUT2D eigenvalue weighted by molar-refractivity contribution is -0.870. The molecule has 82 heavy (non-hydrogen) atoms. The number of quaternary nitrogens is 1. The molecule has 0 rings (SSSR count). The number of nitrogens with zero attached hydrogens (tertiary/aromatic N) is 1. The van der Waals surface area contributed by atoms with Gasteiger partial charge in [0, 0.05) is 6.42 Å². The molecule has 0 spiro atoms. The zero-order chi connectivity index (χ0) is 59.8. The van der Waals surface area contributed by atoms with Crippen molar-refractivity contribution < 1.29 is 32.9 Å². The first-order valence-electron chi connectivity index (χ1n) is 36.4. The van der Waals surface area contributed by atoms with Crippen molar-refractivity contribution in [3.8, 4) is 0 Å². The van der Waals surface area contributed by atoms with Crippen LogP contribution in [0.2, 0.25) is 0 Å². The number of phosphoric ester groups is 1. The summed E-state index contributed by atoms with van der Waals surface area (Å²) in [5.41, 5.74) is 0. The van der Waals surface area contributed by atoms with Crippen LogP contribution >= 0.6 is 7.82 Å². The molecule has 0 bridgehead atoms. The third-order valence-corrected chi connectivity index (χ3v) is 17.8. The maximum atomic E-state index is 13.0. The zero-order valence-corrected chi connectivity index (χ0v) is 56.6. The Labute approximate surface area is 512 Å². The van der Waals surface area contributed by atoms with Crippen LogP contribution in [0.3, 0.4) is 0 Å². The first kappa shape index (κ1) is 80.7. The van der Waals surface area contributed by atoms with Crippen LogP contribution in [-0.2, 0) is 18.4 Å². The van der Waals surface area contributed by atoms with Crippen LogP contribution in [0.4, 0.5) is 0 Å². The van der Waals surface area contributed by atoms with E-state index in [1.165, 1.54) is 315 Å². The van der Waals surface area contributed by atoms with Gasteiger partial charge in [0.25, 0.3) is 7.82 Å². The van der Waals surface area contributed by atoms with Crippen LogP contribution in [0.15, 0.2) is 36.5 Å². The molecule has 0 aliphatic carbocycles. The molecule has 3 unspecified atom stereocenters. The highest BCUT2D eigenvalue weighted by atomic mass is 31.2. The molecule has 0 aromatic heterocycles. The average molecular weight is 1180 g/mol. The van der Waals surface area contributed by atoms with Crippen LogP contribution in [-0.4, -0.2) is 68.5 Å². The fourth-order valence-corrected chi connectivity index (χ4v) is 11.9. The number of amides is 1. The number of carbonyl (C=O) groups excluding carboxylic acids is 1. The first-order valence-corrected chi connectivity index (χ1v) is 37.8. The van der Waals surface area contributed by atoms with E-state index in [9.17, 15) is 19.4 Å². The summed E-state index contributed by atoms with van der Waals surface area (Å²) in [6, 6.07) is -0.904. The van der Waals surface area contributed by atoms with Crippen molar-refractivity contribution in [2.24, 2.45) is 0 Å². The van der Waals surface area contributed by atoms with Gasteiger partial charge < -0.3 is 28.8 Å². The van der Waals surface area contributed by atoms with Gasteiger partial charge in [0.15, 0.2) is 0 Å². The van der Waals surface area contributed by atoms with Crippen LogP contribution in [0.1, 0.15) is 373 Å². The van der Waals surface area contributed by atoms with Gasteiger partial charge in [0.2, 0.25) is 5.91 Å². The summed E-state index contributed by atoms with van der Waals surface area (Å²) in [6.07, 6.45) is 85.7. The standard InChI is InChI=1S/C73H143N2O6P/c1-6-8-10-12-14-16-18-20-22-24-26-28-30-32-34-36-37-39-40-42-44-46-48-50-52-54-56-58-60-62-64-66-72(76)71(70-81-82(78,79)80-69-68-75(3,4)5)74-73(77)67-65-63-61-59-57-55-53-51-49-47-45-43-41-38-35-33-31-29-27-25-23-21-19-17-15-13-11-9-7-2/h25,27,56,58,64,66,71-72,76H,6-24,26,28-55,57,59-63,65,67-70H2,1-5H3,(H-,74,77,78,79)/b27-25-,58-56+,66-64+. The fraction of sp³-hybridized carbons (Fsp3) is 0.904. The van der Waals surface area contributed by atoms with E-state index in [0.29, 0.717) is 17.4 Å². The number of carbonyl (C=O) groups is 1. The molecule has 0 fully saturated rings. The number of phosphoric acid groups is 1. The summed E-state index contributed by atoms with van der Waals surface area (Å²) >= 11 is 0. The van der Waals surface area contributed by atoms with E-state index in [-0.39, 0.29) is 19.1 Å². The van der Waals surface area contributed by atoms with Crippen molar-refractivity contribution in [3.63, 3.8) is 0 Å². The van der Waals surface area contributed by atoms with E-state index in [2.05, 4.69) is 43.5 Å². The third-order valence-electron chi connectivity index (χ3n) is 16.8. The molecule has 3 atom stereocenters. The summed E-state index contributed by atoms with van der Waals surface area (Å²) < 4.78 is 23.5. The van der Waals surface area contributed by atoms with Gasteiger partial charge in [-0.2, -0.15) is 0 Å². The van der Waals surface area contributed by atoms with Crippen LogP contribution in [0.25, 0.3) is 0 Å². The number of unbranched alkanes of at least 4 members (excludes halogenated alkanes) is 51. The molecule has 0 aromatic carbocycles. The summed E-state index contributed by atoms with van der Waals surface area (Å²) in [6.45, 7) is 4.69. The first-order chi connectivity index (χ1) is 40.0. The second-order valence-corrected chi connectivity index (χ2v) is 27.7. The predicted molar refractivity (Wildman–Crippen MR) is 358 cm³/mol. The summed E-state index contributed by atoms with van der Waals surface area (Å²) in [5.74, 6) is -0.200. The molecule has 0 aliphatic heterocycles. The molecule has 486 valence electrons. The predicted octanol–water partition coefficient (Wildman–Crippen LogP) is 22.6. The molecule has 2 N–H and O–H groups in total. The minimum atomic E-state index is -4.61. The van der Waals surface area contributed by atoms with Crippen molar-refractivity contribution in [1.29, 1.82) is 0 Å². The van der Waals surface area contributed by atoms with E-state index in [1.807, 2.05) is 27.2 Å². The van der Waals surface area contributed by atoms with Crippen molar-refractivity contribution in [3.05, 3.63) is 36.5 Å². The molecular weight excluding hydrogens is 1030 g/mol. The molecule has 9 heteroatoms. The van der Waals surface area contributed by atoms with Crippen molar-refractivity contribution in [1.82, 2.24) is 5.32 Å². The van der Waals surface area contributed by atoms with Crippen molar-refractivity contribution in [2.45, 2.75) is 386 Å². The minimum absolute atomic E-state index is 0.00457. The zero-order valence-electron chi connectivity index (χ0n) is 55.7. The lowest BCUT2D eigenvalue weighted by Crippen LogP contribution is -2.45. The van der Waals surface area contributed by atoms with E-state index in [4.69, 9.17) is 9.05 Å². The van der Waals surface area contributed by atoms with Gasteiger partial charge in [-0.05, 0) is 57.8 Å². The quantitative estimate of drug-likeness (QED) is 0.0272. The highest BCUT2D eigenvalue weighted by Gasteiger charge is 2.23. The molecular formula is C73H143N2O6P. The second kappa shape index (κ2) is 64.2. The highest BCUT2D eigenvalue weighted by Crippen LogP contribution is 2.38. The van der Waals surface area contributed by atoms with Crippen LogP contribution in [0, 0.1) is 0 Å². The van der Waals surface area contributed by atoms with E-state index in [0.717, 1.165) is 38.5 Å². The Morgan fingerprint density at radius 2 is 0.683 bits per heavy atom. The molecule has 0 radical (unpaired) electrons. The van der Waals surface area contributed by atoms with Crippen molar-refractivity contribution in [2.75, 3.05) is 40.9 Å². The topological polar surface area (TPSA) is 108 Å².